The quantitative estimate of drug-likeness (QED) is 0.403. The van der Waals surface area contributed by atoms with Gasteiger partial charge in [-0.25, -0.2) is 4.68 Å². The van der Waals surface area contributed by atoms with Crippen LogP contribution in [0.25, 0.3) is 5.69 Å². The highest BCUT2D eigenvalue weighted by Gasteiger charge is 2.37. The predicted octanol–water partition coefficient (Wildman–Crippen LogP) is 2.37. The summed E-state index contributed by atoms with van der Waals surface area (Å²) in [5, 5.41) is 14.5. The van der Waals surface area contributed by atoms with Crippen LogP contribution in [0, 0.1) is 6.92 Å². The highest BCUT2D eigenvalue weighted by atomic mass is 16.2. The van der Waals surface area contributed by atoms with Gasteiger partial charge in [0, 0.05) is 43.7 Å². The summed E-state index contributed by atoms with van der Waals surface area (Å²) in [6, 6.07) is 15.9. The Hall–Kier alpha value is -3.56. The Bertz CT molecular complexity index is 1200. The smallest absolute Gasteiger partial charge is 0.251 e. The zero-order valence-corrected chi connectivity index (χ0v) is 22.2. The van der Waals surface area contributed by atoms with Crippen molar-refractivity contribution in [1.82, 2.24) is 35.4 Å². The summed E-state index contributed by atoms with van der Waals surface area (Å²) < 4.78 is 1.64. The van der Waals surface area contributed by atoms with Crippen molar-refractivity contribution in [3.63, 3.8) is 0 Å². The van der Waals surface area contributed by atoms with E-state index in [0.29, 0.717) is 37.0 Å². The van der Waals surface area contributed by atoms with Gasteiger partial charge in [0.25, 0.3) is 5.91 Å². The van der Waals surface area contributed by atoms with Crippen LogP contribution in [0.2, 0.25) is 0 Å². The van der Waals surface area contributed by atoms with Gasteiger partial charge in [-0.2, -0.15) is 0 Å². The van der Waals surface area contributed by atoms with Gasteiger partial charge in [0.1, 0.15) is 6.04 Å². The molecule has 3 aromatic rings. The van der Waals surface area contributed by atoms with Crippen LogP contribution in [0.1, 0.15) is 46.7 Å². The first-order valence-electron chi connectivity index (χ1n) is 13.5. The molecule has 0 spiro atoms. The molecule has 0 bridgehead atoms. The van der Waals surface area contributed by atoms with Crippen molar-refractivity contribution in [2.24, 2.45) is 0 Å². The molecule has 1 aromatic heterocycles. The van der Waals surface area contributed by atoms with Crippen molar-refractivity contribution < 1.29 is 9.59 Å². The Balaban J connectivity index is 1.16. The molecule has 2 amide bonds. The molecule has 9 nitrogen and oxygen atoms in total. The maximum absolute atomic E-state index is 13.4. The molecule has 1 saturated carbocycles. The van der Waals surface area contributed by atoms with Gasteiger partial charge in [0.05, 0.1) is 18.1 Å². The first-order valence-corrected chi connectivity index (χ1v) is 13.5. The van der Waals surface area contributed by atoms with E-state index in [1.165, 1.54) is 11.1 Å². The summed E-state index contributed by atoms with van der Waals surface area (Å²) in [7, 11) is 2.07. The summed E-state index contributed by atoms with van der Waals surface area (Å²) in [4.78, 5) is 30.7. The second-order valence-corrected chi connectivity index (χ2v) is 10.5. The lowest BCUT2D eigenvalue weighted by Gasteiger charge is -2.34. The predicted molar refractivity (Wildman–Crippen MR) is 146 cm³/mol. The minimum absolute atomic E-state index is 0.00893. The number of piperazine rings is 1. The van der Waals surface area contributed by atoms with Gasteiger partial charge in [0.15, 0.2) is 0 Å². The average molecular weight is 516 g/mol. The van der Waals surface area contributed by atoms with Gasteiger partial charge >= 0.3 is 0 Å². The fourth-order valence-electron chi connectivity index (χ4n) is 5.05. The minimum atomic E-state index is -0.546. The minimum Gasteiger partial charge on any atom is -0.340 e. The van der Waals surface area contributed by atoms with Crippen LogP contribution >= 0.6 is 0 Å². The van der Waals surface area contributed by atoms with Gasteiger partial charge in [-0.1, -0.05) is 35.0 Å². The van der Waals surface area contributed by atoms with E-state index in [1.807, 2.05) is 17.0 Å². The van der Waals surface area contributed by atoms with E-state index in [2.05, 4.69) is 64.1 Å². The van der Waals surface area contributed by atoms with Crippen LogP contribution in [0.5, 0.6) is 0 Å². The molecule has 1 saturated heterocycles. The molecular weight excluding hydrogens is 478 g/mol. The number of likely N-dealkylation sites (N-methyl/N-ethyl adjacent to an activating group) is 1. The second kappa shape index (κ2) is 11.9. The van der Waals surface area contributed by atoms with E-state index in [0.717, 1.165) is 38.2 Å². The van der Waals surface area contributed by atoms with Gasteiger partial charge in [-0.05, 0) is 69.6 Å². The summed E-state index contributed by atoms with van der Waals surface area (Å²) in [6.07, 6.45) is 5.91. The van der Waals surface area contributed by atoms with E-state index >= 15 is 0 Å². The van der Waals surface area contributed by atoms with E-state index < -0.39 is 6.04 Å². The number of nitrogens with zero attached hydrogens (tertiary/aromatic N) is 5. The van der Waals surface area contributed by atoms with Crippen molar-refractivity contribution in [3.05, 3.63) is 77.6 Å². The fourth-order valence-corrected chi connectivity index (χ4v) is 5.05. The highest BCUT2D eigenvalue weighted by molar-refractivity contribution is 5.97. The Kier molecular flexibility index (Phi) is 8.14. The van der Waals surface area contributed by atoms with Gasteiger partial charge in [-0.3, -0.25) is 9.59 Å². The first kappa shape index (κ1) is 26.1. The van der Waals surface area contributed by atoms with Crippen molar-refractivity contribution >= 4 is 11.8 Å². The molecule has 2 N–H and O–H groups in total. The molecular formula is C29H37N7O2. The third-order valence-electron chi connectivity index (χ3n) is 7.61. The maximum atomic E-state index is 13.4. The molecule has 2 aliphatic rings. The third-order valence-corrected chi connectivity index (χ3v) is 7.61. The van der Waals surface area contributed by atoms with Crippen LogP contribution in [0.3, 0.4) is 0 Å². The number of carbonyl (C=O) groups excluding carboxylic acids is 2. The lowest BCUT2D eigenvalue weighted by atomic mass is 10.1. The summed E-state index contributed by atoms with van der Waals surface area (Å²) in [6.45, 7) is 6.00. The summed E-state index contributed by atoms with van der Waals surface area (Å²) >= 11 is 0. The number of amides is 2. The number of rotatable bonds is 10. The van der Waals surface area contributed by atoms with E-state index in [-0.39, 0.29) is 11.8 Å². The number of nitrogens with one attached hydrogen (secondary N) is 2. The standard InChI is InChI=1S/C29H37N7O2/c1-21-5-7-22(8-6-21)25-20-27(25)30-13-3-4-26(29(38)35-18-16-34(2)17-19-35)32-28(37)23-9-11-24(12-10-23)36-15-14-31-33-36/h5-12,14-15,25-27,30H,3-4,13,16-20H2,1-2H3,(H,32,37)/t25-,26-,27+/m0/s1. The molecule has 38 heavy (non-hydrogen) atoms. The topological polar surface area (TPSA) is 95.4 Å². The zero-order valence-electron chi connectivity index (χ0n) is 22.2. The molecule has 2 heterocycles. The number of benzene rings is 2. The molecule has 2 aromatic carbocycles. The monoisotopic (exact) mass is 515 g/mol. The van der Waals surface area contributed by atoms with Gasteiger partial charge < -0.3 is 20.4 Å². The van der Waals surface area contributed by atoms with Crippen molar-refractivity contribution in [2.75, 3.05) is 39.8 Å². The largest absolute Gasteiger partial charge is 0.340 e. The average Bonchev–Trinajstić information content (AvgIpc) is 3.49. The Morgan fingerprint density at radius 3 is 2.45 bits per heavy atom. The van der Waals surface area contributed by atoms with Crippen molar-refractivity contribution in [3.8, 4) is 5.69 Å². The van der Waals surface area contributed by atoms with Crippen molar-refractivity contribution in [2.45, 2.75) is 44.2 Å². The Morgan fingerprint density at radius 2 is 1.76 bits per heavy atom. The highest BCUT2D eigenvalue weighted by Crippen LogP contribution is 2.40. The molecule has 3 atom stereocenters. The summed E-state index contributed by atoms with van der Waals surface area (Å²) in [5.41, 5.74) is 4.00. The number of aryl methyl sites for hydroxylation is 1. The molecule has 0 radical (unpaired) electrons. The van der Waals surface area contributed by atoms with Crippen LogP contribution in [-0.4, -0.2) is 88.5 Å². The van der Waals surface area contributed by atoms with Crippen LogP contribution < -0.4 is 10.6 Å². The van der Waals surface area contributed by atoms with Gasteiger partial charge in [-0.15, -0.1) is 5.10 Å². The SMILES string of the molecule is Cc1ccc([C@@H]2C[C@H]2NCCC[C@H](NC(=O)c2ccc(-n3ccnn3)cc2)C(=O)N2CCN(C)CC2)cc1. The Morgan fingerprint density at radius 1 is 1.03 bits per heavy atom. The molecule has 9 heteroatoms. The number of aromatic nitrogens is 3. The molecule has 1 aliphatic heterocycles. The fraction of sp³-hybridized carbons (Fsp3) is 0.448. The van der Waals surface area contributed by atoms with E-state index in [1.54, 1.807) is 29.2 Å². The van der Waals surface area contributed by atoms with Crippen molar-refractivity contribution in [1.29, 1.82) is 0 Å². The first-order chi connectivity index (χ1) is 18.5. The molecule has 5 rings (SSSR count). The third kappa shape index (κ3) is 6.46. The molecule has 1 aliphatic carbocycles. The normalized spacial score (nSPS) is 20.2. The molecule has 2 fully saturated rings. The maximum Gasteiger partial charge on any atom is 0.251 e. The lowest BCUT2D eigenvalue weighted by Crippen LogP contribution is -2.54. The number of carbonyl (C=O) groups is 2. The van der Waals surface area contributed by atoms with Gasteiger partial charge in [0.2, 0.25) is 5.91 Å². The summed E-state index contributed by atoms with van der Waals surface area (Å²) in [5.74, 6) is 0.338. The number of hydrogen-bond donors (Lipinski definition) is 2. The van der Waals surface area contributed by atoms with Crippen LogP contribution in [0.15, 0.2) is 60.9 Å². The van der Waals surface area contributed by atoms with Crippen LogP contribution in [0.4, 0.5) is 0 Å². The molecule has 200 valence electrons. The van der Waals surface area contributed by atoms with E-state index in [9.17, 15) is 9.59 Å². The Labute approximate surface area is 224 Å². The van der Waals surface area contributed by atoms with E-state index in [4.69, 9.17) is 0 Å². The number of hydrogen-bond acceptors (Lipinski definition) is 6. The second-order valence-electron chi connectivity index (χ2n) is 10.5. The van der Waals surface area contributed by atoms with Crippen LogP contribution in [-0.2, 0) is 4.79 Å². The molecule has 0 unspecified atom stereocenters. The lowest BCUT2D eigenvalue weighted by molar-refractivity contribution is -0.135. The zero-order chi connectivity index (χ0) is 26.5.